The highest BCUT2D eigenvalue weighted by molar-refractivity contribution is 5.86. The van der Waals surface area contributed by atoms with Gasteiger partial charge in [0.15, 0.2) is 0 Å². The number of amides is 1. The second kappa shape index (κ2) is 5.74. The number of nitrogens with one attached hydrogen (secondary N) is 1. The van der Waals surface area contributed by atoms with E-state index < -0.39 is 5.54 Å². The van der Waals surface area contributed by atoms with Crippen LogP contribution in [0, 0.1) is 5.92 Å². The molecule has 1 aromatic rings. The van der Waals surface area contributed by atoms with Gasteiger partial charge in [0.2, 0.25) is 5.91 Å². The minimum absolute atomic E-state index is 0.278. The molecule has 1 atom stereocenters. The van der Waals surface area contributed by atoms with Gasteiger partial charge in [0, 0.05) is 0 Å². The topological polar surface area (TPSA) is 55.1 Å². The van der Waals surface area contributed by atoms with Crippen LogP contribution in [0.15, 0.2) is 24.3 Å². The molecule has 0 bridgehead atoms. The van der Waals surface area contributed by atoms with Gasteiger partial charge >= 0.3 is 0 Å². The van der Waals surface area contributed by atoms with Crippen LogP contribution in [0.4, 0.5) is 0 Å². The molecule has 3 heteroatoms. The van der Waals surface area contributed by atoms with Crippen LogP contribution < -0.4 is 11.1 Å². The Hall–Kier alpha value is -1.35. The Bertz CT molecular complexity index is 437. The molecule has 0 heterocycles. The fraction of sp³-hybridized carbons (Fsp3) is 0.562. The molecule has 3 nitrogen and oxygen atoms in total. The first-order chi connectivity index (χ1) is 9.12. The van der Waals surface area contributed by atoms with Crippen LogP contribution >= 0.6 is 0 Å². The minimum atomic E-state index is -0.713. The molecule has 0 aromatic heterocycles. The van der Waals surface area contributed by atoms with Crippen LogP contribution in [-0.2, 0) is 16.8 Å². The van der Waals surface area contributed by atoms with Gasteiger partial charge in [-0.1, -0.05) is 38.1 Å². The Morgan fingerprint density at radius 2 is 1.95 bits per heavy atom. The monoisotopic (exact) mass is 260 g/mol. The number of carbonyl (C=O) groups is 1. The molecule has 1 aromatic carbocycles. The van der Waals surface area contributed by atoms with Gasteiger partial charge < -0.3 is 5.73 Å². The zero-order chi connectivity index (χ0) is 13.9. The van der Waals surface area contributed by atoms with Crippen molar-refractivity contribution in [1.82, 2.24) is 5.32 Å². The molecule has 0 spiro atoms. The Morgan fingerprint density at radius 1 is 1.32 bits per heavy atom. The maximum Gasteiger partial charge on any atom is 0.242 e. The fourth-order valence-corrected chi connectivity index (χ4v) is 2.50. The van der Waals surface area contributed by atoms with Crippen LogP contribution in [0.5, 0.6) is 0 Å². The summed E-state index contributed by atoms with van der Waals surface area (Å²) in [5, 5.41) is 3.42. The van der Waals surface area contributed by atoms with Crippen LogP contribution in [0.3, 0.4) is 0 Å². The van der Waals surface area contributed by atoms with Gasteiger partial charge in [-0.15, -0.1) is 0 Å². The van der Waals surface area contributed by atoms with Crippen molar-refractivity contribution < 1.29 is 4.79 Å². The molecule has 104 valence electrons. The van der Waals surface area contributed by atoms with Crippen LogP contribution in [-0.4, -0.2) is 12.5 Å². The molecule has 0 aliphatic heterocycles. The van der Waals surface area contributed by atoms with Gasteiger partial charge in [-0.3, -0.25) is 10.1 Å². The molecule has 2 rings (SSSR count). The molecule has 0 radical (unpaired) electrons. The second-order valence-corrected chi connectivity index (χ2v) is 5.50. The SMILES string of the molecule is CCc1ccc(C(CC)(NCC2CC2)C(N)=O)cc1. The number of aryl methyl sites for hydroxylation is 1. The summed E-state index contributed by atoms with van der Waals surface area (Å²) in [6.07, 6.45) is 4.21. The third-order valence-corrected chi connectivity index (χ3v) is 4.20. The van der Waals surface area contributed by atoms with E-state index in [2.05, 4.69) is 24.4 Å². The molecule has 1 fully saturated rings. The van der Waals surface area contributed by atoms with Gasteiger partial charge in [0.05, 0.1) is 0 Å². The Morgan fingerprint density at radius 3 is 2.37 bits per heavy atom. The number of rotatable bonds is 7. The molecule has 1 aliphatic carbocycles. The van der Waals surface area contributed by atoms with Crippen molar-refractivity contribution in [2.24, 2.45) is 11.7 Å². The zero-order valence-electron chi connectivity index (χ0n) is 11.9. The van der Waals surface area contributed by atoms with Gasteiger partial charge in [0.1, 0.15) is 5.54 Å². The lowest BCUT2D eigenvalue weighted by Gasteiger charge is -2.31. The summed E-state index contributed by atoms with van der Waals surface area (Å²) >= 11 is 0. The van der Waals surface area contributed by atoms with E-state index in [0.29, 0.717) is 6.42 Å². The predicted octanol–water partition coefficient (Wildman–Crippen LogP) is 2.34. The number of carbonyl (C=O) groups excluding carboxylic acids is 1. The van der Waals surface area contributed by atoms with Crippen molar-refractivity contribution in [2.45, 2.75) is 45.1 Å². The highest BCUT2D eigenvalue weighted by Crippen LogP contribution is 2.31. The van der Waals surface area contributed by atoms with Gasteiger partial charge in [0.25, 0.3) is 0 Å². The van der Waals surface area contributed by atoms with Crippen molar-refractivity contribution in [3.8, 4) is 0 Å². The number of benzene rings is 1. The average molecular weight is 260 g/mol. The van der Waals surface area contributed by atoms with Crippen molar-refractivity contribution in [1.29, 1.82) is 0 Å². The number of hydrogen-bond donors (Lipinski definition) is 2. The minimum Gasteiger partial charge on any atom is -0.368 e. The molecule has 1 aliphatic rings. The molecule has 1 saturated carbocycles. The van der Waals surface area contributed by atoms with Gasteiger partial charge in [-0.2, -0.15) is 0 Å². The number of primary amides is 1. The standard InChI is InChI=1S/C16H24N2O/c1-3-12-7-9-14(10-8-12)16(4-2,15(17)19)18-11-13-5-6-13/h7-10,13,18H,3-6,11H2,1-2H3,(H2,17,19). The molecular weight excluding hydrogens is 236 g/mol. The van der Waals surface area contributed by atoms with Crippen LogP contribution in [0.25, 0.3) is 0 Å². The van der Waals surface area contributed by atoms with E-state index >= 15 is 0 Å². The third kappa shape index (κ3) is 2.98. The Kier molecular flexibility index (Phi) is 4.25. The van der Waals surface area contributed by atoms with E-state index in [1.165, 1.54) is 18.4 Å². The molecule has 0 saturated heterocycles. The largest absolute Gasteiger partial charge is 0.368 e. The van der Waals surface area contributed by atoms with E-state index in [4.69, 9.17) is 5.73 Å². The van der Waals surface area contributed by atoms with E-state index in [9.17, 15) is 4.79 Å². The van der Waals surface area contributed by atoms with E-state index in [-0.39, 0.29) is 5.91 Å². The third-order valence-electron chi connectivity index (χ3n) is 4.20. The first-order valence-electron chi connectivity index (χ1n) is 7.26. The summed E-state index contributed by atoms with van der Waals surface area (Å²) in [4.78, 5) is 12.0. The lowest BCUT2D eigenvalue weighted by atomic mass is 9.85. The molecule has 3 N–H and O–H groups in total. The average Bonchev–Trinajstić information content (AvgIpc) is 3.24. The van der Waals surface area contributed by atoms with Crippen molar-refractivity contribution in [3.05, 3.63) is 35.4 Å². The predicted molar refractivity (Wildman–Crippen MR) is 77.7 cm³/mol. The quantitative estimate of drug-likeness (QED) is 0.790. The summed E-state index contributed by atoms with van der Waals surface area (Å²) < 4.78 is 0. The first-order valence-corrected chi connectivity index (χ1v) is 7.26. The summed E-state index contributed by atoms with van der Waals surface area (Å²) in [6.45, 7) is 5.02. The second-order valence-electron chi connectivity index (χ2n) is 5.50. The van der Waals surface area contributed by atoms with Crippen molar-refractivity contribution in [2.75, 3.05) is 6.54 Å². The van der Waals surface area contributed by atoms with Crippen molar-refractivity contribution >= 4 is 5.91 Å². The molecular formula is C16H24N2O. The number of hydrogen-bond acceptors (Lipinski definition) is 2. The maximum absolute atomic E-state index is 12.0. The maximum atomic E-state index is 12.0. The molecule has 1 amide bonds. The zero-order valence-corrected chi connectivity index (χ0v) is 11.9. The molecule has 19 heavy (non-hydrogen) atoms. The van der Waals surface area contributed by atoms with Crippen LogP contribution in [0.1, 0.15) is 44.2 Å². The lowest BCUT2D eigenvalue weighted by Crippen LogP contribution is -2.52. The summed E-state index contributed by atoms with van der Waals surface area (Å²) in [5.74, 6) is 0.445. The van der Waals surface area contributed by atoms with Gasteiger partial charge in [-0.25, -0.2) is 0 Å². The summed E-state index contributed by atoms with van der Waals surface area (Å²) in [5.41, 5.74) is 7.24. The summed E-state index contributed by atoms with van der Waals surface area (Å²) in [6, 6.07) is 8.24. The first kappa shape index (κ1) is 14.1. The normalized spacial score (nSPS) is 18.0. The lowest BCUT2D eigenvalue weighted by molar-refractivity contribution is -0.125. The summed E-state index contributed by atoms with van der Waals surface area (Å²) in [7, 11) is 0. The highest BCUT2D eigenvalue weighted by atomic mass is 16.1. The van der Waals surface area contributed by atoms with E-state index in [1.807, 2.05) is 19.1 Å². The smallest absolute Gasteiger partial charge is 0.242 e. The Labute approximate surface area is 115 Å². The van der Waals surface area contributed by atoms with Crippen molar-refractivity contribution in [3.63, 3.8) is 0 Å². The van der Waals surface area contributed by atoms with E-state index in [1.54, 1.807) is 0 Å². The Balaban J connectivity index is 2.25. The molecule has 1 unspecified atom stereocenters. The van der Waals surface area contributed by atoms with E-state index in [0.717, 1.165) is 24.4 Å². The fourth-order valence-electron chi connectivity index (χ4n) is 2.50. The highest BCUT2D eigenvalue weighted by Gasteiger charge is 2.37. The van der Waals surface area contributed by atoms with Gasteiger partial charge in [-0.05, 0) is 49.3 Å². The van der Waals surface area contributed by atoms with Crippen LogP contribution in [0.2, 0.25) is 0 Å². The number of nitrogens with two attached hydrogens (primary N) is 1.